The van der Waals surface area contributed by atoms with Gasteiger partial charge in [-0.3, -0.25) is 4.79 Å². The number of nitrogens with two attached hydrogens (primary N) is 1. The van der Waals surface area contributed by atoms with Gasteiger partial charge in [-0.1, -0.05) is 29.8 Å². The molecule has 2 aromatic carbocycles. The molecule has 0 fully saturated rings. The van der Waals surface area contributed by atoms with Crippen LogP contribution in [0.1, 0.15) is 21.5 Å². The van der Waals surface area contributed by atoms with E-state index in [4.69, 9.17) is 17.3 Å². The second kappa shape index (κ2) is 5.66. The summed E-state index contributed by atoms with van der Waals surface area (Å²) in [4.78, 5) is 11.1. The third kappa shape index (κ3) is 2.81. The number of fused-ring (bicyclic) bond motifs is 1. The van der Waals surface area contributed by atoms with Gasteiger partial charge in [-0.05, 0) is 35.7 Å². The summed E-state index contributed by atoms with van der Waals surface area (Å²) in [5.74, 6) is -0.517. The number of benzene rings is 2. The Kier molecular flexibility index (Phi) is 3.71. The highest BCUT2D eigenvalue weighted by atomic mass is 35.5. The van der Waals surface area contributed by atoms with E-state index < -0.39 is 5.91 Å². The van der Waals surface area contributed by atoms with Gasteiger partial charge in [0.05, 0.1) is 10.6 Å². The van der Waals surface area contributed by atoms with Crippen molar-refractivity contribution >= 4 is 28.9 Å². The quantitative estimate of drug-likeness (QED) is 0.813. The second-order valence-corrected chi connectivity index (χ2v) is 5.45. The zero-order valence-corrected chi connectivity index (χ0v) is 12.2. The smallest absolute Gasteiger partial charge is 0.250 e. The van der Waals surface area contributed by atoms with Gasteiger partial charge in [-0.15, -0.1) is 0 Å². The maximum Gasteiger partial charge on any atom is 0.250 e. The SMILES string of the molecule is NC(=O)c1ccc(NCc2cccc3c2NCC3)cc1Cl. The second-order valence-electron chi connectivity index (χ2n) is 5.04. The largest absolute Gasteiger partial charge is 0.384 e. The highest BCUT2D eigenvalue weighted by Gasteiger charge is 2.13. The first-order valence-corrected chi connectivity index (χ1v) is 7.21. The Balaban J connectivity index is 1.75. The Hall–Kier alpha value is -2.20. The van der Waals surface area contributed by atoms with Crippen LogP contribution in [-0.4, -0.2) is 12.5 Å². The van der Waals surface area contributed by atoms with Crippen molar-refractivity contribution in [3.05, 3.63) is 58.1 Å². The van der Waals surface area contributed by atoms with E-state index in [2.05, 4.69) is 28.8 Å². The third-order valence-electron chi connectivity index (χ3n) is 3.65. The first kappa shape index (κ1) is 13.8. The summed E-state index contributed by atoms with van der Waals surface area (Å²) in [7, 11) is 0. The van der Waals surface area contributed by atoms with Crippen LogP contribution in [0, 0.1) is 0 Å². The Labute approximate surface area is 128 Å². The van der Waals surface area contributed by atoms with Crippen LogP contribution in [0.25, 0.3) is 0 Å². The molecule has 1 amide bonds. The minimum Gasteiger partial charge on any atom is -0.384 e. The summed E-state index contributed by atoms with van der Waals surface area (Å²) in [6.07, 6.45) is 1.07. The van der Waals surface area contributed by atoms with Crippen molar-refractivity contribution in [1.82, 2.24) is 0 Å². The molecule has 3 rings (SSSR count). The maximum atomic E-state index is 11.1. The summed E-state index contributed by atoms with van der Waals surface area (Å²) in [5.41, 5.74) is 10.2. The fraction of sp³-hybridized carbons (Fsp3) is 0.188. The molecule has 108 valence electrons. The lowest BCUT2D eigenvalue weighted by Gasteiger charge is -2.12. The van der Waals surface area contributed by atoms with Crippen LogP contribution in [0.4, 0.5) is 11.4 Å². The molecule has 21 heavy (non-hydrogen) atoms. The highest BCUT2D eigenvalue weighted by molar-refractivity contribution is 6.34. The van der Waals surface area contributed by atoms with Gasteiger partial charge in [-0.25, -0.2) is 0 Å². The zero-order chi connectivity index (χ0) is 14.8. The van der Waals surface area contributed by atoms with Gasteiger partial charge in [0.2, 0.25) is 5.91 Å². The summed E-state index contributed by atoms with van der Waals surface area (Å²) in [6, 6.07) is 11.5. The Morgan fingerprint density at radius 1 is 1.33 bits per heavy atom. The number of rotatable bonds is 4. The fourth-order valence-corrected chi connectivity index (χ4v) is 2.85. The average molecular weight is 302 g/mol. The Bertz CT molecular complexity index is 700. The molecule has 0 bridgehead atoms. The first-order chi connectivity index (χ1) is 10.1. The van der Waals surface area contributed by atoms with Crippen molar-refractivity contribution in [2.75, 3.05) is 17.2 Å². The van der Waals surface area contributed by atoms with Gasteiger partial charge in [0, 0.05) is 24.5 Å². The molecule has 0 radical (unpaired) electrons. The van der Waals surface area contributed by atoms with Crippen molar-refractivity contribution in [1.29, 1.82) is 0 Å². The number of para-hydroxylation sites is 1. The summed E-state index contributed by atoms with van der Waals surface area (Å²) < 4.78 is 0. The lowest BCUT2D eigenvalue weighted by molar-refractivity contribution is 0.100. The number of nitrogens with one attached hydrogen (secondary N) is 2. The standard InChI is InChI=1S/C16H16ClN3O/c17-14-8-12(4-5-13(14)16(18)21)20-9-11-3-1-2-10-6-7-19-15(10)11/h1-5,8,19-20H,6-7,9H2,(H2,18,21). The molecule has 0 saturated carbocycles. The Morgan fingerprint density at radius 2 is 2.19 bits per heavy atom. The van der Waals surface area contributed by atoms with Gasteiger partial charge < -0.3 is 16.4 Å². The molecule has 0 saturated heterocycles. The number of hydrogen-bond acceptors (Lipinski definition) is 3. The molecular weight excluding hydrogens is 286 g/mol. The molecule has 0 aliphatic carbocycles. The molecule has 0 atom stereocenters. The van der Waals surface area contributed by atoms with E-state index in [0.29, 0.717) is 17.1 Å². The van der Waals surface area contributed by atoms with Crippen LogP contribution in [-0.2, 0) is 13.0 Å². The van der Waals surface area contributed by atoms with Gasteiger partial charge in [-0.2, -0.15) is 0 Å². The number of anilines is 2. The van der Waals surface area contributed by atoms with Crippen molar-refractivity contribution in [3.8, 4) is 0 Å². The predicted octanol–water partition coefficient (Wildman–Crippen LogP) is 3.02. The molecule has 1 aliphatic heterocycles. The molecule has 0 aromatic heterocycles. The van der Waals surface area contributed by atoms with Crippen molar-refractivity contribution in [2.24, 2.45) is 5.73 Å². The molecule has 2 aromatic rings. The van der Waals surface area contributed by atoms with Gasteiger partial charge in [0.25, 0.3) is 0 Å². The van der Waals surface area contributed by atoms with Crippen LogP contribution >= 0.6 is 11.6 Å². The molecule has 1 aliphatic rings. The Morgan fingerprint density at radius 3 is 2.95 bits per heavy atom. The van der Waals surface area contributed by atoms with Gasteiger partial charge >= 0.3 is 0 Å². The molecule has 0 spiro atoms. The van der Waals surface area contributed by atoms with Crippen molar-refractivity contribution in [2.45, 2.75) is 13.0 Å². The van der Waals surface area contributed by atoms with Crippen LogP contribution in [0.15, 0.2) is 36.4 Å². The average Bonchev–Trinajstić information content (AvgIpc) is 2.93. The normalized spacial score (nSPS) is 12.6. The van der Waals surface area contributed by atoms with E-state index in [1.807, 2.05) is 6.07 Å². The molecular formula is C16H16ClN3O. The lowest BCUT2D eigenvalue weighted by atomic mass is 10.1. The van der Waals surface area contributed by atoms with E-state index in [1.54, 1.807) is 12.1 Å². The van der Waals surface area contributed by atoms with Gasteiger partial charge in [0.1, 0.15) is 0 Å². The fourth-order valence-electron chi connectivity index (χ4n) is 2.58. The van der Waals surface area contributed by atoms with E-state index in [-0.39, 0.29) is 0 Å². The van der Waals surface area contributed by atoms with Gasteiger partial charge in [0.15, 0.2) is 0 Å². The number of amides is 1. The molecule has 4 N–H and O–H groups in total. The zero-order valence-electron chi connectivity index (χ0n) is 11.4. The molecule has 5 heteroatoms. The lowest BCUT2D eigenvalue weighted by Crippen LogP contribution is -2.11. The minimum atomic E-state index is -0.517. The number of halogens is 1. The van der Waals surface area contributed by atoms with E-state index in [9.17, 15) is 4.79 Å². The number of primary amides is 1. The molecule has 0 unspecified atom stereocenters. The minimum absolute atomic E-state index is 0.337. The van der Waals surface area contributed by atoms with Crippen LogP contribution in [0.3, 0.4) is 0 Å². The summed E-state index contributed by atoms with van der Waals surface area (Å²) in [5, 5.41) is 7.10. The summed E-state index contributed by atoms with van der Waals surface area (Å²) >= 11 is 6.05. The molecule has 4 nitrogen and oxygen atoms in total. The number of hydrogen-bond donors (Lipinski definition) is 3. The third-order valence-corrected chi connectivity index (χ3v) is 3.96. The van der Waals surface area contributed by atoms with Crippen LogP contribution < -0.4 is 16.4 Å². The topological polar surface area (TPSA) is 67.2 Å². The van der Waals surface area contributed by atoms with E-state index >= 15 is 0 Å². The van der Waals surface area contributed by atoms with Crippen LogP contribution in [0.5, 0.6) is 0 Å². The van der Waals surface area contributed by atoms with Crippen molar-refractivity contribution in [3.63, 3.8) is 0 Å². The number of carbonyl (C=O) groups excluding carboxylic acids is 1. The van der Waals surface area contributed by atoms with Crippen molar-refractivity contribution < 1.29 is 4.79 Å². The molecule has 1 heterocycles. The van der Waals surface area contributed by atoms with E-state index in [1.165, 1.54) is 16.8 Å². The predicted molar refractivity (Wildman–Crippen MR) is 85.9 cm³/mol. The van der Waals surface area contributed by atoms with E-state index in [0.717, 1.165) is 18.7 Å². The highest BCUT2D eigenvalue weighted by Crippen LogP contribution is 2.27. The van der Waals surface area contributed by atoms with Crippen LogP contribution in [0.2, 0.25) is 5.02 Å². The maximum absolute atomic E-state index is 11.1. The summed E-state index contributed by atoms with van der Waals surface area (Å²) in [6.45, 7) is 1.69. The monoisotopic (exact) mass is 301 g/mol. The first-order valence-electron chi connectivity index (χ1n) is 6.83. The number of carbonyl (C=O) groups is 1.